The highest BCUT2D eigenvalue weighted by atomic mass is 32.2. The van der Waals surface area contributed by atoms with Crippen molar-refractivity contribution in [2.75, 3.05) is 18.2 Å². The predicted molar refractivity (Wildman–Crippen MR) is 120 cm³/mol. The van der Waals surface area contributed by atoms with Crippen molar-refractivity contribution in [3.8, 4) is 0 Å². The number of hydrogen-bond acceptors (Lipinski definition) is 7. The third kappa shape index (κ3) is 4.17. The zero-order chi connectivity index (χ0) is 22.0. The van der Waals surface area contributed by atoms with Crippen molar-refractivity contribution < 1.29 is 14.3 Å². The van der Waals surface area contributed by atoms with Gasteiger partial charge in [0.15, 0.2) is 10.9 Å². The van der Waals surface area contributed by atoms with Crippen LogP contribution in [0.2, 0.25) is 0 Å². The topological polar surface area (TPSA) is 101 Å². The molecule has 1 aliphatic heterocycles. The van der Waals surface area contributed by atoms with Gasteiger partial charge in [-0.05, 0) is 37.0 Å². The molecule has 0 saturated heterocycles. The first kappa shape index (κ1) is 21.4. The van der Waals surface area contributed by atoms with Crippen LogP contribution in [0.15, 0.2) is 45.5 Å². The van der Waals surface area contributed by atoms with Crippen molar-refractivity contribution in [1.82, 2.24) is 9.97 Å². The zero-order valence-electron chi connectivity index (χ0n) is 17.6. The van der Waals surface area contributed by atoms with E-state index in [4.69, 9.17) is 4.74 Å². The van der Waals surface area contributed by atoms with Crippen LogP contribution in [0.5, 0.6) is 0 Å². The average molecular weight is 440 g/mol. The minimum Gasteiger partial charge on any atom is -0.465 e. The fourth-order valence-electron chi connectivity index (χ4n) is 4.08. The van der Waals surface area contributed by atoms with Crippen LogP contribution in [0.3, 0.4) is 0 Å². The lowest BCUT2D eigenvalue weighted by atomic mass is 9.76. The molecule has 8 heteroatoms. The van der Waals surface area contributed by atoms with Crippen LogP contribution < -0.4 is 10.9 Å². The van der Waals surface area contributed by atoms with E-state index in [9.17, 15) is 14.4 Å². The number of rotatable bonds is 6. The molecule has 162 valence electrons. The number of anilines is 1. The normalized spacial score (nSPS) is 17.6. The number of aromatic nitrogens is 2. The summed E-state index contributed by atoms with van der Waals surface area (Å²) in [6.45, 7) is 2.12. The van der Waals surface area contributed by atoms with E-state index in [-0.39, 0.29) is 11.3 Å². The number of ketones is 1. The predicted octanol–water partition coefficient (Wildman–Crippen LogP) is 4.01. The lowest BCUT2D eigenvalue weighted by Gasteiger charge is -2.32. The van der Waals surface area contributed by atoms with Gasteiger partial charge in [0.05, 0.1) is 18.2 Å². The Morgan fingerprint density at radius 1 is 1.23 bits per heavy atom. The second-order valence-corrected chi connectivity index (χ2v) is 8.76. The number of carbonyl (C=O) groups excluding carboxylic acids is 2. The van der Waals surface area contributed by atoms with Gasteiger partial charge < -0.3 is 15.0 Å². The maximum atomic E-state index is 13.1. The third-order valence-corrected chi connectivity index (χ3v) is 6.60. The van der Waals surface area contributed by atoms with E-state index in [0.29, 0.717) is 34.1 Å². The number of H-pyrrole nitrogens is 1. The lowest BCUT2D eigenvalue weighted by Crippen LogP contribution is -2.32. The molecule has 0 bridgehead atoms. The second kappa shape index (κ2) is 9.09. The van der Waals surface area contributed by atoms with Crippen LogP contribution in [-0.2, 0) is 9.53 Å². The van der Waals surface area contributed by atoms with Gasteiger partial charge in [-0.1, -0.05) is 37.2 Å². The highest BCUT2D eigenvalue weighted by molar-refractivity contribution is 7.99. The van der Waals surface area contributed by atoms with E-state index < -0.39 is 11.9 Å². The van der Waals surface area contributed by atoms with Crippen molar-refractivity contribution in [2.45, 2.75) is 50.1 Å². The first-order chi connectivity index (χ1) is 15.0. The summed E-state index contributed by atoms with van der Waals surface area (Å²) >= 11 is 1.53. The first-order valence-electron chi connectivity index (χ1n) is 10.5. The fourth-order valence-corrected chi connectivity index (χ4v) is 5.03. The SMILES string of the molecule is CCCCSc1nc2c(c(=O)[nH]1)C(c1ccc(C(=O)OC)cc1)C1=C(CCCC1=O)N2. The number of Topliss-reactive ketones (excluding diaryl/α,β-unsaturated/α-hetero) is 1. The molecule has 1 unspecified atom stereocenters. The quantitative estimate of drug-likeness (QED) is 0.303. The number of unbranched alkanes of at least 4 members (excludes halogenated alkanes) is 1. The Morgan fingerprint density at radius 2 is 2.00 bits per heavy atom. The molecule has 1 aromatic heterocycles. The van der Waals surface area contributed by atoms with Gasteiger partial charge >= 0.3 is 5.97 Å². The first-order valence-corrected chi connectivity index (χ1v) is 11.5. The van der Waals surface area contributed by atoms with Gasteiger partial charge in [-0.15, -0.1) is 0 Å². The monoisotopic (exact) mass is 439 g/mol. The van der Waals surface area contributed by atoms with Crippen LogP contribution in [-0.4, -0.2) is 34.6 Å². The molecular formula is C23H25N3O4S. The molecule has 2 aliphatic rings. The molecule has 1 aliphatic carbocycles. The van der Waals surface area contributed by atoms with Crippen molar-refractivity contribution in [1.29, 1.82) is 0 Å². The summed E-state index contributed by atoms with van der Waals surface area (Å²) in [5, 5.41) is 3.86. The van der Waals surface area contributed by atoms with Gasteiger partial charge in [-0.3, -0.25) is 9.59 Å². The van der Waals surface area contributed by atoms with Crippen LogP contribution in [0, 0.1) is 0 Å². The molecule has 31 heavy (non-hydrogen) atoms. The summed E-state index contributed by atoms with van der Waals surface area (Å²) in [6, 6.07) is 6.88. The molecule has 2 aromatic rings. The molecular weight excluding hydrogens is 414 g/mol. The molecule has 4 rings (SSSR count). The van der Waals surface area contributed by atoms with E-state index in [1.807, 2.05) is 0 Å². The highest BCUT2D eigenvalue weighted by Crippen LogP contribution is 2.43. The van der Waals surface area contributed by atoms with Gasteiger partial charge in [0.2, 0.25) is 0 Å². The number of aromatic amines is 1. The standard InChI is InChI=1S/C23H25N3O4S/c1-3-4-12-31-23-25-20-19(21(28)26-23)17(18-15(24-20)6-5-7-16(18)27)13-8-10-14(11-9-13)22(29)30-2/h8-11,17H,3-7,12H2,1-2H3,(H2,24,25,26,28). The van der Waals surface area contributed by atoms with E-state index >= 15 is 0 Å². The van der Waals surface area contributed by atoms with Crippen LogP contribution in [0.1, 0.15) is 66.4 Å². The number of ether oxygens (including phenoxy) is 1. The molecule has 0 spiro atoms. The smallest absolute Gasteiger partial charge is 0.337 e. The van der Waals surface area contributed by atoms with E-state index in [0.717, 1.165) is 42.7 Å². The minimum absolute atomic E-state index is 0.0437. The Kier molecular flexibility index (Phi) is 6.27. The fraction of sp³-hybridized carbons (Fsp3) is 0.391. The molecule has 0 radical (unpaired) electrons. The molecule has 0 saturated carbocycles. The Hall–Kier alpha value is -2.87. The summed E-state index contributed by atoms with van der Waals surface area (Å²) < 4.78 is 4.77. The van der Waals surface area contributed by atoms with Gasteiger partial charge in [-0.2, -0.15) is 0 Å². The van der Waals surface area contributed by atoms with Gasteiger partial charge in [0.1, 0.15) is 5.82 Å². The summed E-state index contributed by atoms with van der Waals surface area (Å²) in [5.74, 6) is 0.486. The summed E-state index contributed by atoms with van der Waals surface area (Å²) in [4.78, 5) is 45.4. The Labute approximate surface area is 184 Å². The number of fused-ring (bicyclic) bond motifs is 1. The molecule has 2 heterocycles. The van der Waals surface area contributed by atoms with E-state index in [1.54, 1.807) is 24.3 Å². The number of nitrogens with zero attached hydrogens (tertiary/aromatic N) is 1. The van der Waals surface area contributed by atoms with Gasteiger partial charge in [-0.25, -0.2) is 9.78 Å². The Balaban J connectivity index is 1.81. The molecule has 0 fully saturated rings. The number of hydrogen-bond donors (Lipinski definition) is 2. The molecule has 0 amide bonds. The number of methoxy groups -OCH3 is 1. The number of nitrogens with one attached hydrogen (secondary N) is 2. The third-order valence-electron chi connectivity index (χ3n) is 5.64. The molecule has 1 aromatic carbocycles. The second-order valence-electron chi connectivity index (χ2n) is 7.68. The molecule has 2 N–H and O–H groups in total. The number of thioether (sulfide) groups is 1. The van der Waals surface area contributed by atoms with Gasteiger partial charge in [0.25, 0.3) is 5.56 Å². The van der Waals surface area contributed by atoms with Crippen LogP contribution in [0.4, 0.5) is 5.82 Å². The number of carbonyl (C=O) groups is 2. The Morgan fingerprint density at radius 3 is 2.71 bits per heavy atom. The van der Waals surface area contributed by atoms with E-state index in [1.165, 1.54) is 18.9 Å². The Bertz CT molecular complexity index is 1100. The highest BCUT2D eigenvalue weighted by Gasteiger charge is 2.37. The minimum atomic E-state index is -0.517. The van der Waals surface area contributed by atoms with Crippen molar-refractivity contribution >= 4 is 29.3 Å². The average Bonchev–Trinajstić information content (AvgIpc) is 2.77. The van der Waals surface area contributed by atoms with Crippen molar-refractivity contribution in [2.24, 2.45) is 0 Å². The summed E-state index contributed by atoms with van der Waals surface area (Å²) in [7, 11) is 1.33. The van der Waals surface area contributed by atoms with E-state index in [2.05, 4.69) is 22.2 Å². The molecule has 7 nitrogen and oxygen atoms in total. The van der Waals surface area contributed by atoms with Gasteiger partial charge in [0, 0.05) is 29.4 Å². The zero-order valence-corrected chi connectivity index (χ0v) is 18.4. The summed E-state index contributed by atoms with van der Waals surface area (Å²) in [5.41, 5.74) is 2.86. The number of esters is 1. The lowest BCUT2D eigenvalue weighted by molar-refractivity contribution is -0.116. The summed E-state index contributed by atoms with van der Waals surface area (Å²) in [6.07, 6.45) is 4.09. The van der Waals surface area contributed by atoms with Crippen LogP contribution >= 0.6 is 11.8 Å². The van der Waals surface area contributed by atoms with Crippen molar-refractivity contribution in [3.63, 3.8) is 0 Å². The van der Waals surface area contributed by atoms with Crippen LogP contribution in [0.25, 0.3) is 0 Å². The maximum Gasteiger partial charge on any atom is 0.337 e. The number of benzene rings is 1. The number of allylic oxidation sites excluding steroid dienone is 2. The maximum absolute atomic E-state index is 13.1. The van der Waals surface area contributed by atoms with Crippen molar-refractivity contribution in [3.05, 3.63) is 62.6 Å². The molecule has 1 atom stereocenters. The largest absolute Gasteiger partial charge is 0.465 e.